The molecule has 3 aromatic rings. The number of nitrogens with zero attached hydrogens (tertiary/aromatic N) is 3. The molecular weight excluding hydrogens is 424 g/mol. The number of piperidine rings is 1. The Morgan fingerprint density at radius 3 is 2.48 bits per heavy atom. The molecule has 0 radical (unpaired) electrons. The Morgan fingerprint density at radius 2 is 1.79 bits per heavy atom. The Balaban J connectivity index is 1.31. The van der Waals surface area contributed by atoms with Gasteiger partial charge in [-0.05, 0) is 43.2 Å². The number of nitrogens with one attached hydrogen (secondary N) is 1. The Hall–Kier alpha value is -3.88. The van der Waals surface area contributed by atoms with Gasteiger partial charge in [-0.2, -0.15) is 4.98 Å². The number of rotatable bonds is 7. The molecule has 9 nitrogen and oxygen atoms in total. The van der Waals surface area contributed by atoms with Crippen LogP contribution in [0.1, 0.15) is 34.9 Å². The normalized spacial score (nSPS) is 14.1. The van der Waals surface area contributed by atoms with Crippen molar-refractivity contribution in [3.05, 3.63) is 59.9 Å². The summed E-state index contributed by atoms with van der Waals surface area (Å²) in [5.41, 5.74) is 1.28. The van der Waals surface area contributed by atoms with Gasteiger partial charge in [0.1, 0.15) is 0 Å². The second-order valence-electron chi connectivity index (χ2n) is 7.73. The molecule has 2 heterocycles. The van der Waals surface area contributed by atoms with Crippen LogP contribution in [0.15, 0.2) is 53.1 Å². The van der Waals surface area contributed by atoms with Gasteiger partial charge in [0, 0.05) is 30.1 Å². The summed E-state index contributed by atoms with van der Waals surface area (Å²) in [5.74, 6) is 1.99. The number of hydrogen-bond donors (Lipinski definition) is 1. The summed E-state index contributed by atoms with van der Waals surface area (Å²) in [6.07, 6.45) is 1.45. The Morgan fingerprint density at radius 1 is 1.06 bits per heavy atom. The molecule has 1 aliphatic heterocycles. The smallest absolute Gasteiger partial charge is 0.258 e. The second-order valence-corrected chi connectivity index (χ2v) is 7.73. The highest BCUT2D eigenvalue weighted by Gasteiger charge is 2.27. The van der Waals surface area contributed by atoms with Gasteiger partial charge in [0.15, 0.2) is 17.3 Å². The molecule has 33 heavy (non-hydrogen) atoms. The number of benzene rings is 2. The third-order valence-electron chi connectivity index (χ3n) is 5.72. The average molecular weight is 450 g/mol. The molecule has 1 N–H and O–H groups in total. The van der Waals surface area contributed by atoms with Crippen LogP contribution in [0, 0.1) is 0 Å². The van der Waals surface area contributed by atoms with Gasteiger partial charge in [0.05, 0.1) is 20.8 Å². The van der Waals surface area contributed by atoms with Crippen molar-refractivity contribution in [2.75, 3.05) is 33.9 Å². The molecule has 1 aromatic heterocycles. The molecule has 1 saturated heterocycles. The second kappa shape index (κ2) is 10.2. The zero-order valence-corrected chi connectivity index (χ0v) is 18.6. The highest BCUT2D eigenvalue weighted by molar-refractivity contribution is 5.96. The fraction of sp³-hybridized carbons (Fsp3) is 0.333. The molecule has 1 aliphatic rings. The van der Waals surface area contributed by atoms with Crippen molar-refractivity contribution in [1.82, 2.24) is 20.4 Å². The molecule has 2 amide bonds. The maximum Gasteiger partial charge on any atom is 0.258 e. The number of methoxy groups -OCH3 is 2. The number of hydrogen-bond acceptors (Lipinski definition) is 7. The topological polar surface area (TPSA) is 107 Å². The lowest BCUT2D eigenvalue weighted by molar-refractivity contribution is -0.131. The predicted octanol–water partition coefficient (Wildman–Crippen LogP) is 2.89. The van der Waals surface area contributed by atoms with E-state index in [-0.39, 0.29) is 24.3 Å². The van der Waals surface area contributed by atoms with E-state index in [1.807, 2.05) is 12.1 Å². The van der Waals surface area contributed by atoms with Gasteiger partial charge in [-0.15, -0.1) is 0 Å². The van der Waals surface area contributed by atoms with E-state index >= 15 is 0 Å². The maximum absolute atomic E-state index is 12.5. The molecule has 0 atom stereocenters. The third-order valence-corrected chi connectivity index (χ3v) is 5.72. The van der Waals surface area contributed by atoms with Crippen LogP contribution < -0.4 is 14.8 Å². The van der Waals surface area contributed by atoms with E-state index in [0.29, 0.717) is 41.9 Å². The number of ether oxygens (including phenoxy) is 2. The minimum Gasteiger partial charge on any atom is -0.493 e. The van der Waals surface area contributed by atoms with Crippen molar-refractivity contribution < 1.29 is 23.6 Å². The van der Waals surface area contributed by atoms with Crippen LogP contribution in [-0.2, 0) is 4.79 Å². The molecule has 1 fully saturated rings. The van der Waals surface area contributed by atoms with Crippen molar-refractivity contribution in [3.63, 3.8) is 0 Å². The molecule has 0 spiro atoms. The first kappa shape index (κ1) is 22.3. The van der Waals surface area contributed by atoms with Crippen LogP contribution in [0.25, 0.3) is 11.5 Å². The van der Waals surface area contributed by atoms with E-state index in [1.54, 1.807) is 55.5 Å². The molecule has 9 heteroatoms. The van der Waals surface area contributed by atoms with Crippen molar-refractivity contribution in [2.45, 2.75) is 18.8 Å². The van der Waals surface area contributed by atoms with E-state index in [4.69, 9.17) is 14.0 Å². The van der Waals surface area contributed by atoms with E-state index in [9.17, 15) is 9.59 Å². The fourth-order valence-corrected chi connectivity index (χ4v) is 3.83. The average Bonchev–Trinajstić information content (AvgIpc) is 3.37. The number of likely N-dealkylation sites (tertiary alicyclic amines) is 1. The molecule has 0 unspecified atom stereocenters. The van der Waals surface area contributed by atoms with Crippen LogP contribution in [0.5, 0.6) is 11.5 Å². The first-order valence-electron chi connectivity index (χ1n) is 10.8. The van der Waals surface area contributed by atoms with Gasteiger partial charge in [0.25, 0.3) is 11.8 Å². The minimum atomic E-state index is -0.256. The van der Waals surface area contributed by atoms with Gasteiger partial charge < -0.3 is 24.2 Å². The molecule has 2 aromatic carbocycles. The van der Waals surface area contributed by atoms with Crippen molar-refractivity contribution in [3.8, 4) is 23.0 Å². The molecule has 172 valence electrons. The Kier molecular flexibility index (Phi) is 6.87. The van der Waals surface area contributed by atoms with Gasteiger partial charge in [-0.1, -0.05) is 23.4 Å². The third kappa shape index (κ3) is 5.14. The van der Waals surface area contributed by atoms with Crippen LogP contribution >= 0.6 is 0 Å². The number of carbonyl (C=O) groups is 2. The number of amides is 2. The Bertz CT molecular complexity index is 1110. The lowest BCUT2D eigenvalue weighted by Gasteiger charge is -2.30. The van der Waals surface area contributed by atoms with E-state index in [1.165, 1.54) is 0 Å². The lowest BCUT2D eigenvalue weighted by Crippen LogP contribution is -2.43. The van der Waals surface area contributed by atoms with E-state index in [2.05, 4.69) is 15.5 Å². The first-order chi connectivity index (χ1) is 16.1. The highest BCUT2D eigenvalue weighted by atomic mass is 16.5. The summed E-state index contributed by atoms with van der Waals surface area (Å²) in [6.45, 7) is 1.12. The van der Waals surface area contributed by atoms with Crippen molar-refractivity contribution >= 4 is 11.8 Å². The number of aromatic nitrogens is 2. The van der Waals surface area contributed by atoms with Gasteiger partial charge in [-0.25, -0.2) is 0 Å². The summed E-state index contributed by atoms with van der Waals surface area (Å²) >= 11 is 0. The van der Waals surface area contributed by atoms with E-state index in [0.717, 1.165) is 18.4 Å². The summed E-state index contributed by atoms with van der Waals surface area (Å²) in [6, 6.07) is 14.3. The molecule has 0 bridgehead atoms. The summed E-state index contributed by atoms with van der Waals surface area (Å²) < 4.78 is 16.1. The lowest BCUT2D eigenvalue weighted by atomic mass is 9.96. The standard InChI is InChI=1S/C24H26N4O5/c1-31-19-9-8-18(14-20(19)32-2)24-26-22(27-33-24)16-10-12-28(13-11-16)21(29)15-25-23(30)17-6-4-3-5-7-17/h3-9,14,16H,10-13,15H2,1-2H3,(H,25,30). The molecule has 0 saturated carbocycles. The quantitative estimate of drug-likeness (QED) is 0.590. The van der Waals surface area contributed by atoms with Crippen LogP contribution in [0.2, 0.25) is 0 Å². The minimum absolute atomic E-state index is 0.0238. The molecule has 4 rings (SSSR count). The molecular formula is C24H26N4O5. The Labute approximate surface area is 191 Å². The zero-order chi connectivity index (χ0) is 23.2. The van der Waals surface area contributed by atoms with Crippen molar-refractivity contribution in [2.24, 2.45) is 0 Å². The van der Waals surface area contributed by atoms with Crippen LogP contribution in [0.4, 0.5) is 0 Å². The fourth-order valence-electron chi connectivity index (χ4n) is 3.83. The monoisotopic (exact) mass is 450 g/mol. The van der Waals surface area contributed by atoms with E-state index < -0.39 is 0 Å². The van der Waals surface area contributed by atoms with Crippen LogP contribution in [-0.4, -0.2) is 60.7 Å². The van der Waals surface area contributed by atoms with Crippen molar-refractivity contribution in [1.29, 1.82) is 0 Å². The number of carbonyl (C=O) groups excluding carboxylic acids is 2. The predicted molar refractivity (Wildman–Crippen MR) is 120 cm³/mol. The van der Waals surface area contributed by atoms with Gasteiger partial charge >= 0.3 is 0 Å². The molecule has 0 aliphatic carbocycles. The first-order valence-corrected chi connectivity index (χ1v) is 10.8. The van der Waals surface area contributed by atoms with Crippen LogP contribution in [0.3, 0.4) is 0 Å². The summed E-state index contributed by atoms with van der Waals surface area (Å²) in [4.78, 5) is 31.0. The zero-order valence-electron chi connectivity index (χ0n) is 18.6. The maximum atomic E-state index is 12.5. The summed E-state index contributed by atoms with van der Waals surface area (Å²) in [7, 11) is 3.15. The summed E-state index contributed by atoms with van der Waals surface area (Å²) in [5, 5.41) is 6.85. The van der Waals surface area contributed by atoms with Gasteiger partial charge in [-0.3, -0.25) is 9.59 Å². The largest absolute Gasteiger partial charge is 0.493 e. The highest BCUT2D eigenvalue weighted by Crippen LogP contribution is 2.33. The van der Waals surface area contributed by atoms with Gasteiger partial charge in [0.2, 0.25) is 5.91 Å². The SMILES string of the molecule is COc1ccc(-c2nc(C3CCN(C(=O)CNC(=O)c4ccccc4)CC3)no2)cc1OC.